The Balaban J connectivity index is 3.19. The summed E-state index contributed by atoms with van der Waals surface area (Å²) in [5.74, 6) is 0.747. The van der Waals surface area contributed by atoms with Crippen molar-refractivity contribution in [1.82, 2.24) is 10.6 Å². The van der Waals surface area contributed by atoms with E-state index in [0.717, 1.165) is 19.5 Å². The molecule has 0 atom stereocenters. The first-order chi connectivity index (χ1) is 7.16. The predicted octanol–water partition coefficient (Wildman–Crippen LogP) is 0.775. The molecule has 0 aromatic carbocycles. The Morgan fingerprint density at radius 1 is 1.33 bits per heavy atom. The quantitative estimate of drug-likeness (QED) is 0.560. The molecule has 15 heavy (non-hydrogen) atoms. The van der Waals surface area contributed by atoms with Gasteiger partial charge in [-0.2, -0.15) is 0 Å². The number of amides is 1. The van der Waals surface area contributed by atoms with Crippen molar-refractivity contribution in [3.63, 3.8) is 0 Å². The summed E-state index contributed by atoms with van der Waals surface area (Å²) in [6.07, 6.45) is 1.43. The Kier molecular flexibility index (Phi) is 9.52. The maximum absolute atomic E-state index is 11.3. The number of hydrogen-bond acceptors (Lipinski definition) is 3. The summed E-state index contributed by atoms with van der Waals surface area (Å²) in [7, 11) is 1.66. The normalized spacial score (nSPS) is 10.7. The van der Waals surface area contributed by atoms with E-state index in [2.05, 4.69) is 24.5 Å². The number of ether oxygens (including phenoxy) is 1. The van der Waals surface area contributed by atoms with Crippen LogP contribution in [0.15, 0.2) is 0 Å². The van der Waals surface area contributed by atoms with Crippen molar-refractivity contribution in [2.24, 2.45) is 5.92 Å². The number of nitrogens with one attached hydrogen (secondary N) is 2. The largest absolute Gasteiger partial charge is 0.385 e. The van der Waals surface area contributed by atoms with Gasteiger partial charge in [0, 0.05) is 33.2 Å². The van der Waals surface area contributed by atoms with Gasteiger partial charge in [-0.05, 0) is 18.9 Å². The highest BCUT2D eigenvalue weighted by Gasteiger charge is 2.00. The van der Waals surface area contributed by atoms with Crippen LogP contribution in [0.2, 0.25) is 0 Å². The lowest BCUT2D eigenvalue weighted by molar-refractivity contribution is -0.121. The number of carbonyl (C=O) groups is 1. The molecule has 0 fully saturated rings. The average Bonchev–Trinajstić information content (AvgIpc) is 2.19. The molecule has 0 saturated heterocycles. The van der Waals surface area contributed by atoms with Crippen LogP contribution in [-0.4, -0.2) is 39.3 Å². The van der Waals surface area contributed by atoms with Gasteiger partial charge < -0.3 is 15.4 Å². The van der Waals surface area contributed by atoms with Gasteiger partial charge in [-0.25, -0.2) is 0 Å². The van der Waals surface area contributed by atoms with Crippen molar-refractivity contribution in [3.8, 4) is 0 Å². The number of rotatable bonds is 9. The van der Waals surface area contributed by atoms with E-state index in [1.54, 1.807) is 7.11 Å². The van der Waals surface area contributed by atoms with Crippen LogP contribution in [0.1, 0.15) is 26.7 Å². The minimum Gasteiger partial charge on any atom is -0.385 e. The van der Waals surface area contributed by atoms with Crippen molar-refractivity contribution < 1.29 is 9.53 Å². The van der Waals surface area contributed by atoms with E-state index in [1.807, 2.05) is 0 Å². The lowest BCUT2D eigenvalue weighted by Crippen LogP contribution is -2.30. The van der Waals surface area contributed by atoms with Crippen LogP contribution in [0.5, 0.6) is 0 Å². The van der Waals surface area contributed by atoms with Gasteiger partial charge in [-0.15, -0.1) is 0 Å². The van der Waals surface area contributed by atoms with Crippen LogP contribution in [-0.2, 0) is 9.53 Å². The molecule has 0 heterocycles. The fraction of sp³-hybridized carbons (Fsp3) is 0.909. The summed E-state index contributed by atoms with van der Waals surface area (Å²) in [5.41, 5.74) is 0. The molecule has 0 aliphatic rings. The minimum absolute atomic E-state index is 0.113. The van der Waals surface area contributed by atoms with Crippen molar-refractivity contribution >= 4 is 5.91 Å². The third-order valence-electron chi connectivity index (χ3n) is 1.93. The molecule has 2 N–H and O–H groups in total. The Labute approximate surface area is 92.8 Å². The summed E-state index contributed by atoms with van der Waals surface area (Å²) < 4.78 is 4.88. The van der Waals surface area contributed by atoms with Gasteiger partial charge in [0.1, 0.15) is 0 Å². The molecule has 0 aromatic heterocycles. The van der Waals surface area contributed by atoms with E-state index in [4.69, 9.17) is 4.74 Å². The predicted molar refractivity (Wildman–Crippen MR) is 61.8 cm³/mol. The van der Waals surface area contributed by atoms with E-state index in [1.165, 1.54) is 0 Å². The molecule has 0 radical (unpaired) electrons. The molecule has 90 valence electrons. The monoisotopic (exact) mass is 216 g/mol. The third kappa shape index (κ3) is 11.3. The van der Waals surface area contributed by atoms with Gasteiger partial charge >= 0.3 is 0 Å². The maximum Gasteiger partial charge on any atom is 0.221 e. The van der Waals surface area contributed by atoms with Gasteiger partial charge in [-0.1, -0.05) is 13.8 Å². The summed E-state index contributed by atoms with van der Waals surface area (Å²) >= 11 is 0. The van der Waals surface area contributed by atoms with Crippen LogP contribution < -0.4 is 10.6 Å². The van der Waals surface area contributed by atoms with E-state index in [0.29, 0.717) is 25.5 Å². The van der Waals surface area contributed by atoms with Crippen LogP contribution in [0.3, 0.4) is 0 Å². The number of carbonyl (C=O) groups excluding carboxylic acids is 1. The summed E-state index contributed by atoms with van der Waals surface area (Å²) in [6, 6.07) is 0. The molecule has 4 heteroatoms. The van der Waals surface area contributed by atoms with Crippen molar-refractivity contribution in [2.75, 3.05) is 33.4 Å². The lowest BCUT2D eigenvalue weighted by atomic mass is 10.2. The Bertz CT molecular complexity index is 161. The summed E-state index contributed by atoms with van der Waals surface area (Å²) in [6.45, 7) is 7.43. The zero-order valence-electron chi connectivity index (χ0n) is 10.1. The second-order valence-electron chi connectivity index (χ2n) is 4.04. The molecule has 0 rings (SSSR count). The third-order valence-corrected chi connectivity index (χ3v) is 1.93. The molecule has 0 saturated carbocycles. The minimum atomic E-state index is 0.113. The molecule has 4 nitrogen and oxygen atoms in total. The zero-order valence-corrected chi connectivity index (χ0v) is 10.1. The van der Waals surface area contributed by atoms with Crippen molar-refractivity contribution in [2.45, 2.75) is 26.7 Å². The number of methoxy groups -OCH3 is 1. The molecule has 0 aliphatic heterocycles. The van der Waals surface area contributed by atoms with Crippen LogP contribution in [0.25, 0.3) is 0 Å². The Morgan fingerprint density at radius 2 is 2.07 bits per heavy atom. The highest BCUT2D eigenvalue weighted by atomic mass is 16.5. The Morgan fingerprint density at radius 3 is 2.67 bits per heavy atom. The molecular weight excluding hydrogens is 192 g/mol. The Hall–Kier alpha value is -0.610. The molecule has 0 spiro atoms. The highest BCUT2D eigenvalue weighted by Crippen LogP contribution is 1.87. The number of hydrogen-bond donors (Lipinski definition) is 2. The van der Waals surface area contributed by atoms with Crippen LogP contribution in [0, 0.1) is 5.92 Å². The first-order valence-corrected chi connectivity index (χ1v) is 5.63. The molecular formula is C11H24N2O2. The standard InChI is InChI=1S/C11H24N2O2/c1-10(2)9-12-7-5-11(14)13-6-4-8-15-3/h10,12H,4-9H2,1-3H3,(H,13,14). The second-order valence-corrected chi connectivity index (χ2v) is 4.04. The van der Waals surface area contributed by atoms with Gasteiger partial charge in [-0.3, -0.25) is 4.79 Å². The lowest BCUT2D eigenvalue weighted by Gasteiger charge is -2.07. The van der Waals surface area contributed by atoms with Crippen LogP contribution in [0.4, 0.5) is 0 Å². The van der Waals surface area contributed by atoms with Gasteiger partial charge in [0.05, 0.1) is 0 Å². The van der Waals surface area contributed by atoms with Crippen molar-refractivity contribution in [1.29, 1.82) is 0 Å². The topological polar surface area (TPSA) is 50.4 Å². The van der Waals surface area contributed by atoms with E-state index in [-0.39, 0.29) is 5.91 Å². The molecule has 0 aromatic rings. The second kappa shape index (κ2) is 9.93. The molecule has 0 bridgehead atoms. The maximum atomic E-state index is 11.3. The van der Waals surface area contributed by atoms with Crippen LogP contribution >= 0.6 is 0 Å². The molecule has 0 aliphatic carbocycles. The van der Waals surface area contributed by atoms with E-state index in [9.17, 15) is 4.79 Å². The van der Waals surface area contributed by atoms with E-state index < -0.39 is 0 Å². The smallest absolute Gasteiger partial charge is 0.221 e. The summed E-state index contributed by atoms with van der Waals surface area (Å²) in [5, 5.41) is 6.08. The fourth-order valence-corrected chi connectivity index (χ4v) is 1.13. The van der Waals surface area contributed by atoms with Gasteiger partial charge in [0.15, 0.2) is 0 Å². The van der Waals surface area contributed by atoms with Gasteiger partial charge in [0.25, 0.3) is 0 Å². The molecule has 1 amide bonds. The van der Waals surface area contributed by atoms with Crippen molar-refractivity contribution in [3.05, 3.63) is 0 Å². The molecule has 0 unspecified atom stereocenters. The highest BCUT2D eigenvalue weighted by molar-refractivity contribution is 5.75. The fourth-order valence-electron chi connectivity index (χ4n) is 1.13. The summed E-state index contributed by atoms with van der Waals surface area (Å²) in [4.78, 5) is 11.3. The van der Waals surface area contributed by atoms with E-state index >= 15 is 0 Å². The van der Waals surface area contributed by atoms with Gasteiger partial charge in [0.2, 0.25) is 5.91 Å². The first-order valence-electron chi connectivity index (χ1n) is 5.63. The SMILES string of the molecule is COCCCNC(=O)CCNCC(C)C. The zero-order chi connectivity index (χ0) is 11.5. The first kappa shape index (κ1) is 14.4. The average molecular weight is 216 g/mol.